The average Bonchev–Trinajstić information content (AvgIpc) is 2.24. The summed E-state index contributed by atoms with van der Waals surface area (Å²) in [7, 11) is 0. The molecule has 0 saturated carbocycles. The Morgan fingerprint density at radius 2 is 1.79 bits per heavy atom. The number of ether oxygens (including phenoxy) is 1. The van der Waals surface area contributed by atoms with Gasteiger partial charge in [-0.05, 0) is 31.9 Å². The third-order valence-corrected chi connectivity index (χ3v) is 2.29. The van der Waals surface area contributed by atoms with Gasteiger partial charge in [0.15, 0.2) is 0 Å². The SMILES string of the molecule is CC(C)(C)OC(=O)NCc1ccccc1CC([NH])=O. The van der Waals surface area contributed by atoms with Gasteiger partial charge >= 0.3 is 6.09 Å². The monoisotopic (exact) mass is 263 g/mol. The lowest BCUT2D eigenvalue weighted by Gasteiger charge is -2.20. The number of hydrogen-bond acceptors (Lipinski definition) is 3. The van der Waals surface area contributed by atoms with Crippen LogP contribution in [-0.4, -0.2) is 17.6 Å². The van der Waals surface area contributed by atoms with Crippen LogP contribution in [-0.2, 0) is 22.5 Å². The molecular formula is C14H19N2O3. The van der Waals surface area contributed by atoms with Crippen LogP contribution in [0.2, 0.25) is 0 Å². The first-order valence-electron chi connectivity index (χ1n) is 6.06. The van der Waals surface area contributed by atoms with Gasteiger partial charge in [-0.2, -0.15) is 0 Å². The fourth-order valence-electron chi connectivity index (χ4n) is 1.56. The van der Waals surface area contributed by atoms with Crippen molar-refractivity contribution in [1.29, 1.82) is 0 Å². The van der Waals surface area contributed by atoms with Crippen molar-refractivity contribution in [1.82, 2.24) is 11.1 Å². The summed E-state index contributed by atoms with van der Waals surface area (Å²) in [6.45, 7) is 5.65. The lowest BCUT2D eigenvalue weighted by atomic mass is 10.0. The number of nitrogens with one attached hydrogen (secondary N) is 2. The van der Waals surface area contributed by atoms with Crippen molar-refractivity contribution in [3.05, 3.63) is 35.4 Å². The van der Waals surface area contributed by atoms with E-state index in [1.54, 1.807) is 32.9 Å². The quantitative estimate of drug-likeness (QED) is 0.903. The average molecular weight is 263 g/mol. The Labute approximate surface area is 113 Å². The molecule has 0 aliphatic rings. The van der Waals surface area contributed by atoms with Crippen molar-refractivity contribution in [3.63, 3.8) is 0 Å². The molecule has 0 spiro atoms. The highest BCUT2D eigenvalue weighted by Crippen LogP contribution is 2.10. The predicted molar refractivity (Wildman–Crippen MR) is 71.3 cm³/mol. The maximum absolute atomic E-state index is 11.5. The van der Waals surface area contributed by atoms with E-state index >= 15 is 0 Å². The molecule has 1 rings (SSSR count). The van der Waals surface area contributed by atoms with E-state index in [4.69, 9.17) is 10.5 Å². The van der Waals surface area contributed by atoms with Gasteiger partial charge < -0.3 is 10.1 Å². The van der Waals surface area contributed by atoms with Crippen molar-refractivity contribution in [3.8, 4) is 0 Å². The summed E-state index contributed by atoms with van der Waals surface area (Å²) in [5.74, 6) is -0.648. The Kier molecular flexibility index (Phi) is 4.92. The summed E-state index contributed by atoms with van der Waals surface area (Å²) in [5, 5.41) is 2.64. The Balaban J connectivity index is 2.62. The van der Waals surface area contributed by atoms with Crippen molar-refractivity contribution < 1.29 is 14.3 Å². The highest BCUT2D eigenvalue weighted by atomic mass is 16.6. The van der Waals surface area contributed by atoms with Crippen LogP contribution in [0.5, 0.6) is 0 Å². The molecule has 0 bridgehead atoms. The van der Waals surface area contributed by atoms with E-state index in [2.05, 4.69) is 5.32 Å². The highest BCUT2D eigenvalue weighted by molar-refractivity contribution is 5.76. The Hall–Kier alpha value is -2.04. The fourth-order valence-corrected chi connectivity index (χ4v) is 1.56. The fraction of sp³-hybridized carbons (Fsp3) is 0.429. The normalized spacial score (nSPS) is 10.9. The van der Waals surface area contributed by atoms with E-state index in [0.29, 0.717) is 0 Å². The molecule has 103 valence electrons. The van der Waals surface area contributed by atoms with Gasteiger partial charge in [0.25, 0.3) is 0 Å². The standard InChI is InChI=1S/C14H19N2O3/c1-14(2,3)19-13(18)16-9-11-7-5-4-6-10(11)8-12(15)17/h4-7,15H,8-9H2,1-3H3,(H,16,18). The zero-order valence-electron chi connectivity index (χ0n) is 11.4. The third-order valence-electron chi connectivity index (χ3n) is 2.29. The molecule has 0 unspecified atom stereocenters. The molecule has 0 atom stereocenters. The molecule has 0 aliphatic carbocycles. The number of carbonyl (C=O) groups excluding carboxylic acids is 2. The van der Waals surface area contributed by atoms with E-state index in [9.17, 15) is 9.59 Å². The first-order chi connectivity index (χ1) is 8.78. The van der Waals surface area contributed by atoms with Crippen LogP contribution in [0.25, 0.3) is 0 Å². The number of hydrogen-bond donors (Lipinski definition) is 1. The minimum absolute atomic E-state index is 0.0478. The van der Waals surface area contributed by atoms with E-state index in [0.717, 1.165) is 11.1 Å². The number of alkyl carbamates (subject to hydrolysis) is 1. The lowest BCUT2D eigenvalue weighted by Crippen LogP contribution is -2.32. The van der Waals surface area contributed by atoms with E-state index < -0.39 is 17.6 Å². The molecule has 0 fully saturated rings. The Morgan fingerprint density at radius 3 is 2.32 bits per heavy atom. The summed E-state index contributed by atoms with van der Waals surface area (Å²) in [6.07, 6.45) is -0.453. The van der Waals surface area contributed by atoms with Crippen molar-refractivity contribution in [2.75, 3.05) is 0 Å². The lowest BCUT2D eigenvalue weighted by molar-refractivity contribution is -0.118. The van der Waals surface area contributed by atoms with Gasteiger partial charge in [-0.15, -0.1) is 0 Å². The first kappa shape index (κ1) is 15.0. The molecule has 0 aliphatic heterocycles. The van der Waals surface area contributed by atoms with Gasteiger partial charge in [-0.1, -0.05) is 24.3 Å². The van der Waals surface area contributed by atoms with Crippen molar-refractivity contribution >= 4 is 12.0 Å². The zero-order chi connectivity index (χ0) is 14.5. The largest absolute Gasteiger partial charge is 0.444 e. The van der Waals surface area contributed by atoms with Gasteiger partial charge in [-0.3, -0.25) is 10.5 Å². The molecular weight excluding hydrogens is 244 g/mol. The minimum atomic E-state index is -0.648. The second-order valence-electron chi connectivity index (χ2n) is 5.22. The summed E-state index contributed by atoms with van der Waals surface area (Å²) in [5.41, 5.74) is 8.02. The first-order valence-corrected chi connectivity index (χ1v) is 6.06. The van der Waals surface area contributed by atoms with E-state index in [1.807, 2.05) is 12.1 Å². The molecule has 2 N–H and O–H groups in total. The Bertz CT molecular complexity index is 464. The van der Waals surface area contributed by atoms with Crippen LogP contribution < -0.4 is 11.1 Å². The molecule has 0 heterocycles. The molecule has 1 aromatic rings. The molecule has 1 radical (unpaired) electrons. The predicted octanol–water partition coefficient (Wildman–Crippen LogP) is 2.06. The van der Waals surface area contributed by atoms with Crippen LogP contribution in [0.15, 0.2) is 24.3 Å². The second-order valence-corrected chi connectivity index (χ2v) is 5.22. The molecule has 19 heavy (non-hydrogen) atoms. The number of amides is 2. The topological polar surface area (TPSA) is 79.2 Å². The smallest absolute Gasteiger partial charge is 0.407 e. The Morgan fingerprint density at radius 1 is 1.21 bits per heavy atom. The summed E-state index contributed by atoms with van der Waals surface area (Å²) in [4.78, 5) is 22.4. The maximum atomic E-state index is 11.5. The second kappa shape index (κ2) is 6.22. The van der Waals surface area contributed by atoms with E-state index in [-0.39, 0.29) is 13.0 Å². The summed E-state index contributed by atoms with van der Waals surface area (Å²) in [6, 6.07) is 7.22. The van der Waals surface area contributed by atoms with Crippen molar-refractivity contribution in [2.45, 2.75) is 39.3 Å². The number of carbonyl (C=O) groups is 2. The van der Waals surface area contributed by atoms with Gasteiger partial charge in [0.1, 0.15) is 5.60 Å². The van der Waals surface area contributed by atoms with E-state index in [1.165, 1.54) is 0 Å². The molecule has 1 aromatic carbocycles. The molecule has 5 nitrogen and oxygen atoms in total. The summed E-state index contributed by atoms with van der Waals surface area (Å²) >= 11 is 0. The number of rotatable bonds is 4. The zero-order valence-corrected chi connectivity index (χ0v) is 11.4. The van der Waals surface area contributed by atoms with Crippen molar-refractivity contribution in [2.24, 2.45) is 0 Å². The van der Waals surface area contributed by atoms with Gasteiger partial charge in [0, 0.05) is 6.54 Å². The van der Waals surface area contributed by atoms with Crippen LogP contribution >= 0.6 is 0 Å². The molecule has 0 aromatic heterocycles. The third kappa shape index (κ3) is 5.90. The van der Waals surface area contributed by atoms with Crippen LogP contribution in [0.1, 0.15) is 31.9 Å². The highest BCUT2D eigenvalue weighted by Gasteiger charge is 2.16. The van der Waals surface area contributed by atoms with Gasteiger partial charge in [-0.25, -0.2) is 4.79 Å². The molecule has 5 heteroatoms. The number of benzene rings is 1. The van der Waals surface area contributed by atoms with Gasteiger partial charge in [0.05, 0.1) is 6.42 Å². The summed E-state index contributed by atoms with van der Waals surface area (Å²) < 4.78 is 5.13. The van der Waals surface area contributed by atoms with Crippen LogP contribution in [0, 0.1) is 0 Å². The molecule has 2 amide bonds. The van der Waals surface area contributed by atoms with Gasteiger partial charge in [0.2, 0.25) is 5.91 Å². The maximum Gasteiger partial charge on any atom is 0.407 e. The minimum Gasteiger partial charge on any atom is -0.444 e. The van der Waals surface area contributed by atoms with Crippen LogP contribution in [0.4, 0.5) is 4.79 Å². The molecule has 0 saturated heterocycles. The van der Waals surface area contributed by atoms with Crippen LogP contribution in [0.3, 0.4) is 0 Å².